The summed E-state index contributed by atoms with van der Waals surface area (Å²) in [4.78, 5) is 24.1. The molecule has 28 heavy (non-hydrogen) atoms. The van der Waals surface area contributed by atoms with Gasteiger partial charge in [-0.2, -0.15) is 0 Å². The first kappa shape index (κ1) is 18.3. The van der Waals surface area contributed by atoms with Crippen LogP contribution in [0, 0.1) is 19.8 Å². The molecular formula is C20H25N7O. The molecule has 0 aliphatic carbocycles. The Morgan fingerprint density at radius 2 is 2.00 bits per heavy atom. The highest BCUT2D eigenvalue weighted by molar-refractivity contribution is 5.79. The number of carbonyl (C=O) groups is 1. The molecule has 0 bridgehead atoms. The molecule has 0 spiro atoms. The van der Waals surface area contributed by atoms with Gasteiger partial charge in [-0.1, -0.05) is 6.07 Å². The third-order valence-corrected chi connectivity index (χ3v) is 5.13. The number of fused-ring (bicyclic) bond motifs is 1. The molecule has 0 aromatic carbocycles. The fourth-order valence-electron chi connectivity index (χ4n) is 3.77. The van der Waals surface area contributed by atoms with Crippen LogP contribution in [0.3, 0.4) is 0 Å². The maximum atomic E-state index is 12.9. The molecule has 8 heteroatoms. The molecule has 4 rings (SSSR count). The summed E-state index contributed by atoms with van der Waals surface area (Å²) in [5.74, 6) is 1.38. The number of amides is 1. The van der Waals surface area contributed by atoms with Crippen LogP contribution in [-0.4, -0.2) is 43.6 Å². The number of aryl methyl sites for hydroxylation is 2. The quantitative estimate of drug-likeness (QED) is 0.748. The SMILES string of the molecule is Cc1cc(C)nc(N2CCCC(C(=O)N[C@H](C)c3nnc4ccccn34)C2)n1. The van der Waals surface area contributed by atoms with Gasteiger partial charge in [0.1, 0.15) is 0 Å². The Kier molecular flexibility index (Phi) is 4.93. The number of nitrogens with zero attached hydrogens (tertiary/aromatic N) is 6. The fraction of sp³-hybridized carbons (Fsp3) is 0.450. The topological polar surface area (TPSA) is 88.3 Å². The van der Waals surface area contributed by atoms with Crippen LogP contribution < -0.4 is 10.2 Å². The van der Waals surface area contributed by atoms with E-state index in [4.69, 9.17) is 0 Å². The zero-order valence-electron chi connectivity index (χ0n) is 16.5. The molecule has 4 heterocycles. The predicted octanol–water partition coefficient (Wildman–Crippen LogP) is 2.23. The first-order valence-electron chi connectivity index (χ1n) is 9.68. The lowest BCUT2D eigenvalue weighted by Gasteiger charge is -2.32. The van der Waals surface area contributed by atoms with Crippen LogP contribution in [0.15, 0.2) is 30.5 Å². The van der Waals surface area contributed by atoms with E-state index in [9.17, 15) is 4.79 Å². The molecule has 0 saturated carbocycles. The number of nitrogens with one attached hydrogen (secondary N) is 1. The van der Waals surface area contributed by atoms with Gasteiger partial charge in [0.15, 0.2) is 11.5 Å². The average molecular weight is 379 g/mol. The number of rotatable bonds is 4. The second kappa shape index (κ2) is 7.53. The Balaban J connectivity index is 1.45. The van der Waals surface area contributed by atoms with Crippen LogP contribution in [0.1, 0.15) is 43.0 Å². The highest BCUT2D eigenvalue weighted by Gasteiger charge is 2.29. The molecule has 1 aliphatic heterocycles. The van der Waals surface area contributed by atoms with E-state index in [2.05, 4.69) is 30.4 Å². The van der Waals surface area contributed by atoms with Gasteiger partial charge in [-0.15, -0.1) is 10.2 Å². The third kappa shape index (κ3) is 3.67. The molecule has 1 N–H and O–H groups in total. The van der Waals surface area contributed by atoms with E-state index in [1.165, 1.54) is 0 Å². The molecule has 146 valence electrons. The van der Waals surface area contributed by atoms with Crippen molar-refractivity contribution < 1.29 is 4.79 Å². The van der Waals surface area contributed by atoms with Crippen molar-refractivity contribution in [2.24, 2.45) is 5.92 Å². The molecular weight excluding hydrogens is 354 g/mol. The predicted molar refractivity (Wildman–Crippen MR) is 106 cm³/mol. The van der Waals surface area contributed by atoms with Gasteiger partial charge in [-0.3, -0.25) is 9.20 Å². The Bertz CT molecular complexity index is 979. The van der Waals surface area contributed by atoms with Gasteiger partial charge in [0, 0.05) is 30.7 Å². The van der Waals surface area contributed by atoms with Gasteiger partial charge in [0.25, 0.3) is 0 Å². The smallest absolute Gasteiger partial charge is 0.225 e. The number of hydrogen-bond acceptors (Lipinski definition) is 6. The molecule has 3 aromatic rings. The van der Waals surface area contributed by atoms with E-state index in [-0.39, 0.29) is 17.9 Å². The lowest BCUT2D eigenvalue weighted by molar-refractivity contribution is -0.126. The van der Waals surface area contributed by atoms with Gasteiger partial charge in [-0.25, -0.2) is 9.97 Å². The first-order chi connectivity index (χ1) is 13.5. The van der Waals surface area contributed by atoms with Crippen LogP contribution >= 0.6 is 0 Å². The van der Waals surface area contributed by atoms with Crippen molar-refractivity contribution in [1.82, 2.24) is 29.9 Å². The number of anilines is 1. The van der Waals surface area contributed by atoms with Crippen molar-refractivity contribution in [3.05, 3.63) is 47.7 Å². The van der Waals surface area contributed by atoms with Crippen molar-refractivity contribution in [3.8, 4) is 0 Å². The molecule has 1 saturated heterocycles. The highest BCUT2D eigenvalue weighted by Crippen LogP contribution is 2.22. The minimum absolute atomic E-state index is 0.0363. The minimum Gasteiger partial charge on any atom is -0.346 e. The number of aromatic nitrogens is 5. The van der Waals surface area contributed by atoms with Crippen LogP contribution in [0.5, 0.6) is 0 Å². The van der Waals surface area contributed by atoms with Gasteiger partial charge < -0.3 is 10.2 Å². The summed E-state index contributed by atoms with van der Waals surface area (Å²) < 4.78 is 1.90. The van der Waals surface area contributed by atoms with Crippen LogP contribution in [0.25, 0.3) is 5.65 Å². The largest absolute Gasteiger partial charge is 0.346 e. The summed E-state index contributed by atoms with van der Waals surface area (Å²) in [7, 11) is 0. The van der Waals surface area contributed by atoms with Crippen molar-refractivity contribution >= 4 is 17.5 Å². The van der Waals surface area contributed by atoms with E-state index >= 15 is 0 Å². The number of hydrogen-bond donors (Lipinski definition) is 1. The normalized spacial score (nSPS) is 18.2. The monoisotopic (exact) mass is 379 g/mol. The minimum atomic E-state index is -0.224. The number of carbonyl (C=O) groups excluding carboxylic acids is 1. The fourth-order valence-corrected chi connectivity index (χ4v) is 3.77. The summed E-state index contributed by atoms with van der Waals surface area (Å²) in [6, 6.07) is 7.48. The van der Waals surface area contributed by atoms with Crippen LogP contribution in [0.2, 0.25) is 0 Å². The lowest BCUT2D eigenvalue weighted by Crippen LogP contribution is -2.44. The molecule has 1 fully saturated rings. The van der Waals surface area contributed by atoms with E-state index < -0.39 is 0 Å². The summed E-state index contributed by atoms with van der Waals surface area (Å²) >= 11 is 0. The van der Waals surface area contributed by atoms with E-state index in [0.29, 0.717) is 12.5 Å². The molecule has 0 radical (unpaired) electrons. The molecule has 3 aromatic heterocycles. The van der Waals surface area contributed by atoms with Gasteiger partial charge in [0.2, 0.25) is 11.9 Å². The second-order valence-corrected chi connectivity index (χ2v) is 7.45. The van der Waals surface area contributed by atoms with Gasteiger partial charge >= 0.3 is 0 Å². The number of piperidine rings is 1. The maximum Gasteiger partial charge on any atom is 0.225 e. The summed E-state index contributed by atoms with van der Waals surface area (Å²) in [5.41, 5.74) is 2.66. The Morgan fingerprint density at radius 3 is 2.79 bits per heavy atom. The Hall–Kier alpha value is -3.03. The average Bonchev–Trinajstić information content (AvgIpc) is 3.11. The molecule has 1 unspecified atom stereocenters. The first-order valence-corrected chi connectivity index (χ1v) is 9.68. The van der Waals surface area contributed by atoms with Crippen LogP contribution in [-0.2, 0) is 4.79 Å². The van der Waals surface area contributed by atoms with Crippen molar-refractivity contribution in [1.29, 1.82) is 0 Å². The highest BCUT2D eigenvalue weighted by atomic mass is 16.2. The standard InChI is InChI=1S/C20H25N7O/c1-13-11-14(2)22-20(21-13)26-9-6-7-16(12-26)19(28)23-15(3)18-25-24-17-8-4-5-10-27(17)18/h4-5,8,10-11,15-16H,6-7,9,12H2,1-3H3,(H,23,28)/t15-,16?/m1/s1. The molecule has 1 amide bonds. The van der Waals surface area contributed by atoms with Crippen molar-refractivity contribution in [3.63, 3.8) is 0 Å². The maximum absolute atomic E-state index is 12.9. The third-order valence-electron chi connectivity index (χ3n) is 5.13. The second-order valence-electron chi connectivity index (χ2n) is 7.45. The zero-order chi connectivity index (χ0) is 19.7. The molecule has 8 nitrogen and oxygen atoms in total. The summed E-state index contributed by atoms with van der Waals surface area (Å²) in [6.07, 6.45) is 3.71. The van der Waals surface area contributed by atoms with Gasteiger partial charge in [-0.05, 0) is 51.8 Å². The van der Waals surface area contributed by atoms with Gasteiger partial charge in [0.05, 0.1) is 12.0 Å². The van der Waals surface area contributed by atoms with Crippen molar-refractivity contribution in [2.45, 2.75) is 39.7 Å². The van der Waals surface area contributed by atoms with E-state index in [1.54, 1.807) is 0 Å². The Morgan fingerprint density at radius 1 is 1.21 bits per heavy atom. The zero-order valence-corrected chi connectivity index (χ0v) is 16.5. The van der Waals surface area contributed by atoms with E-state index in [0.717, 1.165) is 42.2 Å². The van der Waals surface area contributed by atoms with E-state index in [1.807, 2.05) is 55.6 Å². The van der Waals surface area contributed by atoms with Crippen LogP contribution in [0.4, 0.5) is 5.95 Å². The lowest BCUT2D eigenvalue weighted by atomic mass is 9.97. The summed E-state index contributed by atoms with van der Waals surface area (Å²) in [6.45, 7) is 7.38. The Labute approximate surface area is 164 Å². The molecule has 2 atom stereocenters. The molecule has 1 aliphatic rings. The number of pyridine rings is 1. The van der Waals surface area contributed by atoms with Crippen molar-refractivity contribution in [2.75, 3.05) is 18.0 Å². The summed E-state index contributed by atoms with van der Waals surface area (Å²) in [5, 5.41) is 11.5.